The number of nitrogens with one attached hydrogen (secondary N) is 2. The van der Waals surface area contributed by atoms with Crippen LogP contribution in [0.2, 0.25) is 0 Å². The first-order chi connectivity index (χ1) is 12.7. The number of rotatable bonds is 9. The number of amides is 3. The number of primary amides is 1. The molecule has 0 saturated carbocycles. The van der Waals surface area contributed by atoms with Gasteiger partial charge in [-0.3, -0.25) is 9.59 Å². The summed E-state index contributed by atoms with van der Waals surface area (Å²) >= 11 is 0. The summed E-state index contributed by atoms with van der Waals surface area (Å²) in [4.78, 5) is 47.0. The number of esters is 1. The van der Waals surface area contributed by atoms with E-state index in [1.54, 1.807) is 30.3 Å². The monoisotopic (exact) mass is 381 g/mol. The fraction of sp³-hybridized carbons (Fsp3) is 0.412. The third-order valence-electron chi connectivity index (χ3n) is 3.46. The lowest BCUT2D eigenvalue weighted by Crippen LogP contribution is -2.55. The highest BCUT2D eigenvalue weighted by molar-refractivity contribution is 5.93. The molecular weight excluding hydrogens is 358 g/mol. The molecule has 3 atom stereocenters. The first-order valence-corrected chi connectivity index (χ1v) is 8.06. The Morgan fingerprint density at radius 1 is 1.15 bits per heavy atom. The standard InChI is InChI=1S/C17H23N3O7/c1-10(21)14(16(24)26-2)20-15(23)12(8-13(18)22)19-17(25)27-9-11-6-4-3-5-7-11/h3-7,10,12,14,21H,8-9H2,1-2H3,(H2,18,22)(H,19,25)(H,20,23)/t10-,12+,14-/m1/s1. The lowest BCUT2D eigenvalue weighted by Gasteiger charge is -2.22. The van der Waals surface area contributed by atoms with Crippen molar-refractivity contribution in [3.63, 3.8) is 0 Å². The van der Waals surface area contributed by atoms with Crippen LogP contribution in [0.25, 0.3) is 0 Å². The molecule has 0 aromatic heterocycles. The number of benzene rings is 1. The molecular formula is C17H23N3O7. The average Bonchev–Trinajstić information content (AvgIpc) is 2.63. The van der Waals surface area contributed by atoms with E-state index in [1.165, 1.54) is 6.92 Å². The SMILES string of the molecule is COC(=O)[C@H](NC(=O)[C@H](CC(N)=O)NC(=O)OCc1ccccc1)[C@@H](C)O. The van der Waals surface area contributed by atoms with Gasteiger partial charge in [-0.05, 0) is 12.5 Å². The minimum absolute atomic E-state index is 0.0456. The molecule has 27 heavy (non-hydrogen) atoms. The van der Waals surface area contributed by atoms with Crippen molar-refractivity contribution < 1.29 is 33.8 Å². The van der Waals surface area contributed by atoms with E-state index in [4.69, 9.17) is 10.5 Å². The van der Waals surface area contributed by atoms with E-state index < -0.39 is 48.5 Å². The van der Waals surface area contributed by atoms with Crippen LogP contribution in [0, 0.1) is 0 Å². The topological polar surface area (TPSA) is 157 Å². The molecule has 0 unspecified atom stereocenters. The van der Waals surface area contributed by atoms with Crippen LogP contribution in [0.5, 0.6) is 0 Å². The van der Waals surface area contributed by atoms with Crippen molar-refractivity contribution in [3.8, 4) is 0 Å². The molecule has 5 N–H and O–H groups in total. The molecule has 10 nitrogen and oxygen atoms in total. The lowest BCUT2D eigenvalue weighted by atomic mass is 10.1. The summed E-state index contributed by atoms with van der Waals surface area (Å²) in [6.07, 6.45) is -2.74. The van der Waals surface area contributed by atoms with Gasteiger partial charge in [0.05, 0.1) is 19.6 Å². The molecule has 1 aromatic carbocycles. The first-order valence-electron chi connectivity index (χ1n) is 8.06. The van der Waals surface area contributed by atoms with Crippen molar-refractivity contribution in [3.05, 3.63) is 35.9 Å². The van der Waals surface area contributed by atoms with Crippen LogP contribution in [0.15, 0.2) is 30.3 Å². The zero-order chi connectivity index (χ0) is 20.4. The van der Waals surface area contributed by atoms with Crippen LogP contribution in [0.1, 0.15) is 18.9 Å². The summed E-state index contributed by atoms with van der Waals surface area (Å²) in [6.45, 7) is 1.22. The van der Waals surface area contributed by atoms with Crippen molar-refractivity contribution in [2.24, 2.45) is 5.73 Å². The molecule has 148 valence electrons. The third kappa shape index (κ3) is 7.74. The summed E-state index contributed by atoms with van der Waals surface area (Å²) in [5.41, 5.74) is 5.82. The molecule has 0 spiro atoms. The van der Waals surface area contributed by atoms with Gasteiger partial charge in [0.2, 0.25) is 11.8 Å². The predicted molar refractivity (Wildman–Crippen MR) is 93.0 cm³/mol. The Labute approximate surface area is 156 Å². The molecule has 3 amide bonds. The van der Waals surface area contributed by atoms with Crippen molar-refractivity contribution in [1.82, 2.24) is 10.6 Å². The van der Waals surface area contributed by atoms with Crippen LogP contribution in [-0.2, 0) is 30.5 Å². The molecule has 0 aliphatic rings. The molecule has 10 heteroatoms. The van der Waals surface area contributed by atoms with E-state index in [2.05, 4.69) is 15.4 Å². The van der Waals surface area contributed by atoms with Gasteiger partial charge in [-0.2, -0.15) is 0 Å². The normalized spacial score (nSPS) is 13.6. The molecule has 0 radical (unpaired) electrons. The van der Waals surface area contributed by atoms with Crippen LogP contribution in [-0.4, -0.2) is 54.3 Å². The van der Waals surface area contributed by atoms with Gasteiger partial charge in [-0.15, -0.1) is 0 Å². The number of ether oxygens (including phenoxy) is 2. The molecule has 0 aliphatic heterocycles. The second-order valence-electron chi connectivity index (χ2n) is 5.68. The van der Waals surface area contributed by atoms with E-state index >= 15 is 0 Å². The Morgan fingerprint density at radius 3 is 2.30 bits per heavy atom. The quantitative estimate of drug-likeness (QED) is 0.408. The number of carbonyl (C=O) groups is 4. The Kier molecular flexibility index (Phi) is 8.73. The summed E-state index contributed by atoms with van der Waals surface area (Å²) in [5, 5.41) is 14.0. The molecule has 0 aliphatic carbocycles. The summed E-state index contributed by atoms with van der Waals surface area (Å²) in [6, 6.07) is 6.05. The van der Waals surface area contributed by atoms with E-state index in [0.29, 0.717) is 0 Å². The summed E-state index contributed by atoms with van der Waals surface area (Å²) in [7, 11) is 1.09. The highest BCUT2D eigenvalue weighted by Gasteiger charge is 2.31. The molecule has 1 rings (SSSR count). The van der Waals surface area contributed by atoms with Crippen LogP contribution >= 0.6 is 0 Å². The van der Waals surface area contributed by atoms with E-state index in [-0.39, 0.29) is 6.61 Å². The number of carbonyl (C=O) groups excluding carboxylic acids is 4. The zero-order valence-electron chi connectivity index (χ0n) is 15.0. The Bertz CT molecular complexity index is 664. The minimum Gasteiger partial charge on any atom is -0.467 e. The van der Waals surface area contributed by atoms with Crippen molar-refractivity contribution >= 4 is 23.9 Å². The maximum atomic E-state index is 12.3. The van der Waals surface area contributed by atoms with Gasteiger partial charge < -0.3 is 30.9 Å². The first kappa shape index (κ1) is 21.9. The van der Waals surface area contributed by atoms with Gasteiger partial charge in [0.15, 0.2) is 6.04 Å². The highest BCUT2D eigenvalue weighted by atomic mass is 16.5. The number of aliphatic hydroxyl groups excluding tert-OH is 1. The van der Waals surface area contributed by atoms with Crippen molar-refractivity contribution in [1.29, 1.82) is 0 Å². The Hall–Kier alpha value is -3.14. The maximum Gasteiger partial charge on any atom is 0.408 e. The molecule has 0 fully saturated rings. The zero-order valence-corrected chi connectivity index (χ0v) is 15.0. The predicted octanol–water partition coefficient (Wildman–Crippen LogP) is -0.805. The number of hydrogen-bond donors (Lipinski definition) is 4. The number of hydrogen-bond acceptors (Lipinski definition) is 7. The number of aliphatic hydroxyl groups is 1. The number of nitrogens with two attached hydrogens (primary N) is 1. The fourth-order valence-electron chi connectivity index (χ4n) is 2.07. The van der Waals surface area contributed by atoms with Crippen LogP contribution in [0.4, 0.5) is 4.79 Å². The smallest absolute Gasteiger partial charge is 0.408 e. The van der Waals surface area contributed by atoms with Gasteiger partial charge in [-0.25, -0.2) is 9.59 Å². The average molecular weight is 381 g/mol. The number of alkyl carbamates (subject to hydrolysis) is 1. The molecule has 0 heterocycles. The van der Waals surface area contributed by atoms with Gasteiger partial charge in [0.25, 0.3) is 0 Å². The lowest BCUT2D eigenvalue weighted by molar-refractivity contribution is -0.148. The highest BCUT2D eigenvalue weighted by Crippen LogP contribution is 2.03. The van der Waals surface area contributed by atoms with Crippen molar-refractivity contribution in [2.75, 3.05) is 7.11 Å². The van der Waals surface area contributed by atoms with E-state index in [1.807, 2.05) is 0 Å². The third-order valence-corrected chi connectivity index (χ3v) is 3.46. The van der Waals surface area contributed by atoms with Gasteiger partial charge in [-0.1, -0.05) is 30.3 Å². The number of methoxy groups -OCH3 is 1. The van der Waals surface area contributed by atoms with Gasteiger partial charge >= 0.3 is 12.1 Å². The largest absolute Gasteiger partial charge is 0.467 e. The Morgan fingerprint density at radius 2 is 1.78 bits per heavy atom. The van der Waals surface area contributed by atoms with Gasteiger partial charge in [0, 0.05) is 0 Å². The Balaban J connectivity index is 2.72. The molecule has 0 saturated heterocycles. The van der Waals surface area contributed by atoms with Crippen molar-refractivity contribution in [2.45, 2.75) is 38.1 Å². The van der Waals surface area contributed by atoms with Gasteiger partial charge in [0.1, 0.15) is 12.6 Å². The van der Waals surface area contributed by atoms with Crippen LogP contribution in [0.3, 0.4) is 0 Å². The fourth-order valence-corrected chi connectivity index (χ4v) is 2.07. The second-order valence-corrected chi connectivity index (χ2v) is 5.68. The molecule has 0 bridgehead atoms. The maximum absolute atomic E-state index is 12.3. The summed E-state index contributed by atoms with van der Waals surface area (Å²) in [5.74, 6) is -2.64. The van der Waals surface area contributed by atoms with E-state index in [0.717, 1.165) is 12.7 Å². The minimum atomic E-state index is -1.39. The van der Waals surface area contributed by atoms with Crippen LogP contribution < -0.4 is 16.4 Å². The second kappa shape index (κ2) is 10.8. The van der Waals surface area contributed by atoms with E-state index in [9.17, 15) is 24.3 Å². The molecule has 1 aromatic rings. The summed E-state index contributed by atoms with van der Waals surface area (Å²) < 4.78 is 9.47.